The Morgan fingerprint density at radius 3 is 2.55 bits per heavy atom. The van der Waals surface area contributed by atoms with Crippen LogP contribution in [0.2, 0.25) is 0 Å². The Balaban J connectivity index is 2.59. The molecular formula is C16H21F2N3O. The summed E-state index contributed by atoms with van der Waals surface area (Å²) in [6.07, 6.45) is 4.24. The molecule has 0 atom stereocenters. The van der Waals surface area contributed by atoms with Crippen molar-refractivity contribution in [2.75, 3.05) is 18.5 Å². The number of hydrogen-bond donors (Lipinski definition) is 0. The summed E-state index contributed by atoms with van der Waals surface area (Å²) in [5, 5.41) is 4.11. The van der Waals surface area contributed by atoms with Gasteiger partial charge in [-0.3, -0.25) is 4.68 Å². The Kier molecular flexibility index (Phi) is 5.00. The molecule has 0 aliphatic carbocycles. The molecule has 1 heterocycles. The first-order chi connectivity index (χ1) is 10.5. The molecule has 0 spiro atoms. The molecule has 2 rings (SSSR count). The van der Waals surface area contributed by atoms with Crippen molar-refractivity contribution >= 4 is 5.69 Å². The van der Waals surface area contributed by atoms with Gasteiger partial charge in [-0.25, -0.2) is 0 Å². The van der Waals surface area contributed by atoms with Crippen LogP contribution < -0.4 is 9.64 Å². The Morgan fingerprint density at radius 2 is 2.05 bits per heavy atom. The van der Waals surface area contributed by atoms with Crippen LogP contribution in [0.3, 0.4) is 0 Å². The molecular weight excluding hydrogens is 288 g/mol. The maximum atomic E-state index is 12.8. The summed E-state index contributed by atoms with van der Waals surface area (Å²) in [5.41, 5.74) is 3.40. The topological polar surface area (TPSA) is 30.3 Å². The second kappa shape index (κ2) is 6.77. The molecule has 0 saturated heterocycles. The van der Waals surface area contributed by atoms with Crippen LogP contribution >= 0.6 is 0 Å². The molecule has 0 aliphatic rings. The van der Waals surface area contributed by atoms with Gasteiger partial charge >= 0.3 is 6.61 Å². The number of aromatic nitrogens is 2. The molecule has 1 aromatic heterocycles. The van der Waals surface area contributed by atoms with Crippen molar-refractivity contribution in [1.29, 1.82) is 0 Å². The van der Waals surface area contributed by atoms with Gasteiger partial charge in [-0.15, -0.1) is 0 Å². The normalized spacial score (nSPS) is 11.0. The van der Waals surface area contributed by atoms with Crippen molar-refractivity contribution in [2.24, 2.45) is 7.05 Å². The summed E-state index contributed by atoms with van der Waals surface area (Å²) in [5.74, 6) is 0.176. The number of rotatable bonds is 6. The van der Waals surface area contributed by atoms with Gasteiger partial charge in [0.05, 0.1) is 6.20 Å². The van der Waals surface area contributed by atoms with E-state index in [0.29, 0.717) is 5.56 Å². The van der Waals surface area contributed by atoms with Crippen LogP contribution in [0.1, 0.15) is 19.4 Å². The van der Waals surface area contributed by atoms with E-state index < -0.39 is 6.61 Å². The summed E-state index contributed by atoms with van der Waals surface area (Å²) in [6, 6.07) is 3.60. The standard InChI is InChI=1S/C16H21F2N3O/c1-5-11-7-13(12-9-19-21(4)10-12)15(22-16(17)18)8-14(11)20(3)6-2/h7-10,16H,5-6H2,1-4H3. The lowest BCUT2D eigenvalue weighted by atomic mass is 10.0. The van der Waals surface area contributed by atoms with Crippen molar-refractivity contribution in [2.45, 2.75) is 26.9 Å². The number of alkyl halides is 2. The molecule has 0 fully saturated rings. The first-order valence-electron chi connectivity index (χ1n) is 7.28. The van der Waals surface area contributed by atoms with Gasteiger partial charge in [0, 0.05) is 49.7 Å². The van der Waals surface area contributed by atoms with Crippen LogP contribution in [0.15, 0.2) is 24.5 Å². The van der Waals surface area contributed by atoms with Crippen molar-refractivity contribution in [3.8, 4) is 16.9 Å². The predicted molar refractivity (Wildman–Crippen MR) is 83.6 cm³/mol. The van der Waals surface area contributed by atoms with Gasteiger partial charge < -0.3 is 9.64 Å². The SMILES string of the molecule is CCc1cc(-c2cnn(C)c2)c(OC(F)F)cc1N(C)CC. The summed E-state index contributed by atoms with van der Waals surface area (Å²) in [7, 11) is 3.72. The molecule has 0 aliphatic heterocycles. The van der Waals surface area contributed by atoms with Crippen LogP contribution in [-0.2, 0) is 13.5 Å². The molecule has 120 valence electrons. The van der Waals surface area contributed by atoms with E-state index in [-0.39, 0.29) is 5.75 Å². The number of benzene rings is 1. The Morgan fingerprint density at radius 1 is 1.32 bits per heavy atom. The fourth-order valence-electron chi connectivity index (χ4n) is 2.40. The number of ether oxygens (including phenoxy) is 1. The van der Waals surface area contributed by atoms with Crippen LogP contribution in [0.25, 0.3) is 11.1 Å². The molecule has 0 N–H and O–H groups in total. The minimum Gasteiger partial charge on any atom is -0.434 e. The molecule has 0 unspecified atom stereocenters. The number of nitrogens with zero attached hydrogens (tertiary/aromatic N) is 3. The lowest BCUT2D eigenvalue weighted by Gasteiger charge is -2.23. The fourth-order valence-corrected chi connectivity index (χ4v) is 2.40. The molecule has 0 radical (unpaired) electrons. The largest absolute Gasteiger partial charge is 0.434 e. The van der Waals surface area contributed by atoms with E-state index in [9.17, 15) is 8.78 Å². The van der Waals surface area contributed by atoms with Gasteiger partial charge in [-0.05, 0) is 25.0 Å². The highest BCUT2D eigenvalue weighted by atomic mass is 19.3. The average Bonchev–Trinajstić information content (AvgIpc) is 2.91. The van der Waals surface area contributed by atoms with Gasteiger partial charge in [0.2, 0.25) is 0 Å². The monoisotopic (exact) mass is 309 g/mol. The van der Waals surface area contributed by atoms with Crippen LogP contribution in [-0.4, -0.2) is 30.0 Å². The first kappa shape index (κ1) is 16.3. The maximum absolute atomic E-state index is 12.8. The van der Waals surface area contributed by atoms with E-state index in [4.69, 9.17) is 4.74 Å². The average molecular weight is 309 g/mol. The summed E-state index contributed by atoms with van der Waals surface area (Å²) >= 11 is 0. The molecule has 0 saturated carbocycles. The van der Waals surface area contributed by atoms with E-state index in [1.54, 1.807) is 30.2 Å². The predicted octanol–water partition coefficient (Wildman–Crippen LogP) is 3.71. The molecule has 22 heavy (non-hydrogen) atoms. The van der Waals surface area contributed by atoms with E-state index in [0.717, 1.165) is 29.8 Å². The van der Waals surface area contributed by atoms with E-state index in [1.807, 2.05) is 31.9 Å². The van der Waals surface area contributed by atoms with Crippen LogP contribution in [0, 0.1) is 0 Å². The Hall–Kier alpha value is -2.11. The zero-order valence-corrected chi connectivity index (χ0v) is 13.3. The van der Waals surface area contributed by atoms with Crippen molar-refractivity contribution < 1.29 is 13.5 Å². The third-order valence-electron chi connectivity index (χ3n) is 3.68. The highest BCUT2D eigenvalue weighted by Crippen LogP contribution is 2.37. The third-order valence-corrected chi connectivity index (χ3v) is 3.68. The van der Waals surface area contributed by atoms with Crippen LogP contribution in [0.4, 0.5) is 14.5 Å². The first-order valence-corrected chi connectivity index (χ1v) is 7.28. The molecule has 0 bridgehead atoms. The van der Waals surface area contributed by atoms with Crippen molar-refractivity contribution in [3.63, 3.8) is 0 Å². The fraction of sp³-hybridized carbons (Fsp3) is 0.438. The minimum atomic E-state index is -2.86. The highest BCUT2D eigenvalue weighted by Gasteiger charge is 2.17. The summed E-state index contributed by atoms with van der Waals surface area (Å²) < 4.78 is 31.9. The lowest BCUT2D eigenvalue weighted by molar-refractivity contribution is -0.0494. The van der Waals surface area contributed by atoms with Gasteiger partial charge in [0.15, 0.2) is 0 Å². The number of hydrogen-bond acceptors (Lipinski definition) is 3. The molecule has 0 amide bonds. The number of anilines is 1. The van der Waals surface area contributed by atoms with Gasteiger partial charge in [0.25, 0.3) is 0 Å². The zero-order valence-electron chi connectivity index (χ0n) is 13.3. The smallest absolute Gasteiger partial charge is 0.387 e. The van der Waals surface area contributed by atoms with E-state index >= 15 is 0 Å². The van der Waals surface area contributed by atoms with Gasteiger partial charge in [-0.1, -0.05) is 6.92 Å². The molecule has 2 aromatic rings. The molecule has 1 aromatic carbocycles. The van der Waals surface area contributed by atoms with Gasteiger partial charge in [0.1, 0.15) is 5.75 Å². The second-order valence-corrected chi connectivity index (χ2v) is 5.13. The maximum Gasteiger partial charge on any atom is 0.387 e. The van der Waals surface area contributed by atoms with Crippen molar-refractivity contribution in [3.05, 3.63) is 30.1 Å². The number of aryl methyl sites for hydroxylation is 2. The third kappa shape index (κ3) is 3.37. The zero-order chi connectivity index (χ0) is 16.3. The van der Waals surface area contributed by atoms with Gasteiger partial charge in [-0.2, -0.15) is 13.9 Å². The van der Waals surface area contributed by atoms with E-state index in [2.05, 4.69) is 5.10 Å². The number of halogens is 2. The quantitative estimate of drug-likeness (QED) is 0.815. The van der Waals surface area contributed by atoms with Crippen molar-refractivity contribution in [1.82, 2.24) is 9.78 Å². The molecule has 6 heteroatoms. The Labute approximate surface area is 129 Å². The molecule has 4 nitrogen and oxygen atoms in total. The minimum absolute atomic E-state index is 0.176. The Bertz CT molecular complexity index is 640. The van der Waals surface area contributed by atoms with Crippen LogP contribution in [0.5, 0.6) is 5.75 Å². The highest BCUT2D eigenvalue weighted by molar-refractivity contribution is 5.75. The van der Waals surface area contributed by atoms with E-state index in [1.165, 1.54) is 0 Å². The summed E-state index contributed by atoms with van der Waals surface area (Å²) in [6.45, 7) is 1.99. The summed E-state index contributed by atoms with van der Waals surface area (Å²) in [4.78, 5) is 2.02. The second-order valence-electron chi connectivity index (χ2n) is 5.13. The lowest BCUT2D eigenvalue weighted by Crippen LogP contribution is -2.18.